The number of rotatable bonds is 6. The number of carbonyl (C=O) groups excluding carboxylic acids is 1. The zero-order valence-corrected chi connectivity index (χ0v) is 9.23. The summed E-state index contributed by atoms with van der Waals surface area (Å²) in [4.78, 5) is 20.1. The van der Waals surface area contributed by atoms with E-state index in [1.165, 1.54) is 0 Å². The normalized spacial score (nSPS) is 11.2. The van der Waals surface area contributed by atoms with E-state index in [1.807, 2.05) is 0 Å². The van der Waals surface area contributed by atoms with Crippen LogP contribution in [-0.2, 0) is 11.3 Å². The number of nitrogens with zero attached hydrogens (tertiary/aromatic N) is 2. The van der Waals surface area contributed by atoms with E-state index in [9.17, 15) is 4.79 Å². The molecule has 15 heavy (non-hydrogen) atoms. The fraction of sp³-hybridized carbons (Fsp3) is 0.600. The Morgan fingerprint density at radius 1 is 1.67 bits per heavy atom. The van der Waals surface area contributed by atoms with Crippen molar-refractivity contribution in [2.75, 3.05) is 6.54 Å². The first-order valence-corrected chi connectivity index (χ1v) is 5.10. The highest BCUT2D eigenvalue weighted by Crippen LogP contribution is 2.04. The van der Waals surface area contributed by atoms with Gasteiger partial charge in [0.2, 0.25) is 5.91 Å². The maximum Gasteiger partial charge on any atom is 0.218 e. The van der Waals surface area contributed by atoms with Crippen LogP contribution in [-0.4, -0.2) is 33.4 Å². The topological polar surface area (TPSA) is 75.0 Å². The number of imidazole rings is 1. The number of primary amides is 1. The number of amides is 1. The third kappa shape index (κ3) is 4.12. The second-order valence-electron chi connectivity index (χ2n) is 3.82. The van der Waals surface area contributed by atoms with E-state index >= 15 is 0 Å². The third-order valence-corrected chi connectivity index (χ3v) is 2.28. The molecule has 0 aliphatic rings. The summed E-state index contributed by atoms with van der Waals surface area (Å²) in [6.45, 7) is 5.57. The molecule has 84 valence electrons. The number of nitrogens with two attached hydrogens (primary N) is 1. The molecule has 0 atom stereocenters. The quantitative estimate of drug-likeness (QED) is 0.717. The van der Waals surface area contributed by atoms with Crippen LogP contribution >= 0.6 is 0 Å². The minimum absolute atomic E-state index is 0.264. The van der Waals surface area contributed by atoms with Gasteiger partial charge in [0.05, 0.1) is 6.54 Å². The van der Waals surface area contributed by atoms with Gasteiger partial charge in [-0.25, -0.2) is 4.98 Å². The van der Waals surface area contributed by atoms with Crippen molar-refractivity contribution in [2.45, 2.75) is 32.9 Å². The molecule has 0 saturated carbocycles. The fourth-order valence-electron chi connectivity index (χ4n) is 1.35. The van der Waals surface area contributed by atoms with Crippen LogP contribution in [0.15, 0.2) is 12.4 Å². The molecule has 0 fully saturated rings. The van der Waals surface area contributed by atoms with E-state index in [-0.39, 0.29) is 5.91 Å². The monoisotopic (exact) mass is 210 g/mol. The Morgan fingerprint density at radius 2 is 2.40 bits per heavy atom. The molecule has 0 spiro atoms. The summed E-state index contributed by atoms with van der Waals surface area (Å²) in [7, 11) is 0. The van der Waals surface area contributed by atoms with Crippen molar-refractivity contribution in [2.24, 2.45) is 5.73 Å². The molecule has 1 rings (SSSR count). The third-order valence-electron chi connectivity index (χ3n) is 2.28. The molecule has 5 heteroatoms. The van der Waals surface area contributed by atoms with Crippen LogP contribution in [0.4, 0.5) is 0 Å². The van der Waals surface area contributed by atoms with Gasteiger partial charge in [0.25, 0.3) is 0 Å². The van der Waals surface area contributed by atoms with Gasteiger partial charge in [-0.05, 0) is 13.8 Å². The van der Waals surface area contributed by atoms with Gasteiger partial charge in [-0.15, -0.1) is 0 Å². The van der Waals surface area contributed by atoms with E-state index in [2.05, 4.69) is 28.7 Å². The molecule has 0 bridgehead atoms. The Hall–Kier alpha value is -1.36. The van der Waals surface area contributed by atoms with Crippen LogP contribution in [0.3, 0.4) is 0 Å². The molecular weight excluding hydrogens is 192 g/mol. The highest BCUT2D eigenvalue weighted by molar-refractivity contribution is 5.73. The first-order chi connectivity index (χ1) is 7.09. The van der Waals surface area contributed by atoms with Crippen LogP contribution in [0.5, 0.6) is 0 Å². The van der Waals surface area contributed by atoms with Gasteiger partial charge in [0.15, 0.2) is 0 Å². The molecule has 0 saturated heterocycles. The lowest BCUT2D eigenvalue weighted by Crippen LogP contribution is -2.33. The van der Waals surface area contributed by atoms with Gasteiger partial charge in [0, 0.05) is 31.4 Å². The van der Waals surface area contributed by atoms with E-state index < -0.39 is 0 Å². The van der Waals surface area contributed by atoms with Crippen LogP contribution in [0, 0.1) is 0 Å². The van der Waals surface area contributed by atoms with Crippen LogP contribution in [0.25, 0.3) is 0 Å². The molecule has 1 aromatic heterocycles. The first-order valence-electron chi connectivity index (χ1n) is 5.10. The number of carbonyl (C=O) groups is 1. The zero-order chi connectivity index (χ0) is 11.3. The summed E-state index contributed by atoms with van der Waals surface area (Å²) in [5, 5.41) is 0. The Morgan fingerprint density at radius 3 is 2.87 bits per heavy atom. The molecular formula is C10H18N4O. The molecule has 5 nitrogen and oxygen atoms in total. The maximum atomic E-state index is 10.7. The number of aromatic amines is 1. The Kier molecular flexibility index (Phi) is 4.30. The van der Waals surface area contributed by atoms with Gasteiger partial charge in [0.1, 0.15) is 5.82 Å². The van der Waals surface area contributed by atoms with Crippen molar-refractivity contribution < 1.29 is 4.79 Å². The zero-order valence-electron chi connectivity index (χ0n) is 9.23. The Bertz CT molecular complexity index is 294. The Balaban J connectivity index is 2.47. The largest absolute Gasteiger partial charge is 0.370 e. The second-order valence-corrected chi connectivity index (χ2v) is 3.82. The predicted molar refractivity (Wildman–Crippen MR) is 57.9 cm³/mol. The van der Waals surface area contributed by atoms with Crippen molar-refractivity contribution >= 4 is 5.91 Å². The standard InChI is InChI=1S/C10H18N4O/c1-8(2)14(6-3-9(11)15)7-10-12-4-5-13-10/h4-5,8H,3,6-7H2,1-2H3,(H2,11,15)(H,12,13). The van der Waals surface area contributed by atoms with Gasteiger partial charge in [-0.3, -0.25) is 9.69 Å². The SMILES string of the molecule is CC(C)N(CCC(N)=O)Cc1ncc[nH]1. The lowest BCUT2D eigenvalue weighted by molar-refractivity contribution is -0.118. The number of hydrogen-bond acceptors (Lipinski definition) is 3. The fourth-order valence-corrected chi connectivity index (χ4v) is 1.35. The summed E-state index contributed by atoms with van der Waals surface area (Å²) < 4.78 is 0. The molecule has 1 heterocycles. The summed E-state index contributed by atoms with van der Waals surface area (Å²) in [5.41, 5.74) is 5.13. The van der Waals surface area contributed by atoms with Crippen molar-refractivity contribution in [3.63, 3.8) is 0 Å². The van der Waals surface area contributed by atoms with Crippen molar-refractivity contribution in [3.05, 3.63) is 18.2 Å². The van der Waals surface area contributed by atoms with Crippen molar-refractivity contribution in [1.82, 2.24) is 14.9 Å². The lowest BCUT2D eigenvalue weighted by atomic mass is 10.2. The van der Waals surface area contributed by atoms with E-state index in [4.69, 9.17) is 5.73 Å². The van der Waals surface area contributed by atoms with Crippen LogP contribution < -0.4 is 5.73 Å². The van der Waals surface area contributed by atoms with Crippen molar-refractivity contribution in [3.8, 4) is 0 Å². The van der Waals surface area contributed by atoms with Crippen molar-refractivity contribution in [1.29, 1.82) is 0 Å². The number of hydrogen-bond donors (Lipinski definition) is 2. The molecule has 0 radical (unpaired) electrons. The highest BCUT2D eigenvalue weighted by atomic mass is 16.1. The van der Waals surface area contributed by atoms with Gasteiger partial charge in [-0.2, -0.15) is 0 Å². The molecule has 3 N–H and O–H groups in total. The molecule has 0 aliphatic heterocycles. The number of nitrogens with one attached hydrogen (secondary N) is 1. The highest BCUT2D eigenvalue weighted by Gasteiger charge is 2.11. The van der Waals surface area contributed by atoms with Gasteiger partial charge >= 0.3 is 0 Å². The number of H-pyrrole nitrogens is 1. The smallest absolute Gasteiger partial charge is 0.218 e. The summed E-state index contributed by atoms with van der Waals surface area (Å²) in [6, 6.07) is 0.370. The van der Waals surface area contributed by atoms with Crippen LogP contribution in [0.2, 0.25) is 0 Å². The second kappa shape index (κ2) is 5.50. The Labute approximate surface area is 89.7 Å². The van der Waals surface area contributed by atoms with E-state index in [0.717, 1.165) is 12.4 Å². The van der Waals surface area contributed by atoms with Gasteiger partial charge < -0.3 is 10.7 Å². The first kappa shape index (κ1) is 11.7. The summed E-state index contributed by atoms with van der Waals surface area (Å²) >= 11 is 0. The average molecular weight is 210 g/mol. The lowest BCUT2D eigenvalue weighted by Gasteiger charge is -2.24. The summed E-state index contributed by atoms with van der Waals surface area (Å²) in [5.74, 6) is 0.647. The predicted octanol–water partition coefficient (Wildman–Crippen LogP) is 0.495. The maximum absolute atomic E-state index is 10.7. The molecule has 0 unspecified atom stereocenters. The molecule has 0 aliphatic carbocycles. The van der Waals surface area contributed by atoms with E-state index in [0.29, 0.717) is 19.0 Å². The molecule has 1 amide bonds. The minimum Gasteiger partial charge on any atom is -0.370 e. The molecule has 0 aromatic carbocycles. The number of aromatic nitrogens is 2. The van der Waals surface area contributed by atoms with Crippen LogP contribution in [0.1, 0.15) is 26.1 Å². The summed E-state index contributed by atoms with van der Waals surface area (Å²) in [6.07, 6.45) is 3.91. The average Bonchev–Trinajstić information content (AvgIpc) is 2.63. The minimum atomic E-state index is -0.264. The molecule has 1 aromatic rings. The van der Waals surface area contributed by atoms with E-state index in [1.54, 1.807) is 12.4 Å². The van der Waals surface area contributed by atoms with Gasteiger partial charge in [-0.1, -0.05) is 0 Å².